The number of hydrogen-bond donors (Lipinski definition) is 2. The Morgan fingerprint density at radius 1 is 0.922 bits per heavy atom. The molecule has 2 atom stereocenters. The molecular weight excluding hydrogens is 697 g/mol. The van der Waals surface area contributed by atoms with Crippen molar-refractivity contribution in [1.82, 2.24) is 9.88 Å². The number of rotatable bonds is 12. The number of benzene rings is 2. The van der Waals surface area contributed by atoms with Crippen LogP contribution in [0.1, 0.15) is 84.6 Å². The molecule has 0 saturated heterocycles. The topological polar surface area (TPSA) is 103 Å². The molecule has 3 aromatic rings. The Kier molecular flexibility index (Phi) is 12.8. The molecule has 2 aromatic carbocycles. The van der Waals surface area contributed by atoms with Crippen LogP contribution in [0.25, 0.3) is 11.1 Å². The average molecular weight is 736 g/mol. The molecule has 3 rings (SSSR count). The first-order valence-electron chi connectivity index (χ1n) is 15.9. The maximum absolute atomic E-state index is 16.6. The Bertz CT molecular complexity index is 1850. The van der Waals surface area contributed by atoms with Crippen molar-refractivity contribution in [3.05, 3.63) is 91.1 Å². The Morgan fingerprint density at radius 3 is 2.06 bits per heavy atom. The molecule has 0 saturated carbocycles. The number of esters is 1. The number of nitrogens with two attached hydrogens (primary N) is 1. The number of aryl methyl sites for hydroxylation is 1. The number of hydrogen-bond acceptors (Lipinski definition) is 5. The first-order valence-corrected chi connectivity index (χ1v) is 15.9. The number of alkyl halides is 6. The predicted octanol–water partition coefficient (Wildman–Crippen LogP) is 7.79. The van der Waals surface area contributed by atoms with Crippen molar-refractivity contribution in [2.45, 2.75) is 85.2 Å². The van der Waals surface area contributed by atoms with Gasteiger partial charge in [-0.3, -0.25) is 14.4 Å². The number of carbonyl (C=O) groups excluding carboxylic acids is 2. The molecule has 51 heavy (non-hydrogen) atoms. The van der Waals surface area contributed by atoms with Crippen LogP contribution in [0.4, 0.5) is 39.5 Å². The van der Waals surface area contributed by atoms with Gasteiger partial charge in [0.1, 0.15) is 23.5 Å². The number of aromatic nitrogens is 1. The number of nitrogens with one attached hydrogen (secondary N) is 1. The van der Waals surface area contributed by atoms with E-state index >= 15 is 8.78 Å². The highest BCUT2D eigenvalue weighted by molar-refractivity contribution is 5.82. The number of amides is 1. The number of nitrogens with zero attached hydrogens (tertiary/aromatic N) is 1. The first-order chi connectivity index (χ1) is 23.5. The van der Waals surface area contributed by atoms with Gasteiger partial charge < -0.3 is 20.4 Å². The van der Waals surface area contributed by atoms with E-state index in [-0.39, 0.29) is 60.4 Å². The van der Waals surface area contributed by atoms with Gasteiger partial charge in [0.15, 0.2) is 0 Å². The Balaban J connectivity index is 2.35. The molecule has 0 bridgehead atoms. The quantitative estimate of drug-likeness (QED) is 0.146. The molecule has 1 amide bonds. The van der Waals surface area contributed by atoms with Crippen molar-refractivity contribution in [3.63, 3.8) is 0 Å². The molecule has 16 heteroatoms. The normalized spacial score (nSPS) is 13.4. The number of ether oxygens (including phenoxy) is 1. The molecule has 0 aliphatic carbocycles. The van der Waals surface area contributed by atoms with Crippen LogP contribution in [0.3, 0.4) is 0 Å². The fraction of sp³-hybridized carbons (Fsp3) is 0.457. The van der Waals surface area contributed by atoms with Gasteiger partial charge in [-0.1, -0.05) is 13.8 Å². The van der Waals surface area contributed by atoms with Gasteiger partial charge in [-0.05, 0) is 92.9 Å². The maximum atomic E-state index is 16.6. The monoisotopic (exact) mass is 735 g/mol. The van der Waals surface area contributed by atoms with Crippen LogP contribution in [0.5, 0.6) is 0 Å². The predicted molar refractivity (Wildman–Crippen MR) is 170 cm³/mol. The van der Waals surface area contributed by atoms with Crippen LogP contribution in [0.15, 0.2) is 29.2 Å². The van der Waals surface area contributed by atoms with Crippen molar-refractivity contribution in [1.29, 1.82) is 0 Å². The lowest BCUT2D eigenvalue weighted by Crippen LogP contribution is -2.41. The van der Waals surface area contributed by atoms with E-state index in [1.54, 1.807) is 13.8 Å². The molecule has 1 heterocycles. The van der Waals surface area contributed by atoms with Crippen LogP contribution < -0.4 is 16.6 Å². The largest absolute Gasteiger partial charge is 0.466 e. The van der Waals surface area contributed by atoms with Gasteiger partial charge in [0, 0.05) is 23.4 Å². The zero-order valence-corrected chi connectivity index (χ0v) is 28.6. The van der Waals surface area contributed by atoms with Crippen LogP contribution >= 0.6 is 0 Å². The average Bonchev–Trinajstić information content (AvgIpc) is 2.99. The second-order valence-corrected chi connectivity index (χ2v) is 12.5. The van der Waals surface area contributed by atoms with E-state index in [0.717, 1.165) is 12.3 Å². The fourth-order valence-corrected chi connectivity index (χ4v) is 5.93. The van der Waals surface area contributed by atoms with E-state index in [1.807, 2.05) is 0 Å². The van der Waals surface area contributed by atoms with E-state index < -0.39 is 99.5 Å². The van der Waals surface area contributed by atoms with Crippen LogP contribution in [0.2, 0.25) is 0 Å². The zero-order chi connectivity index (χ0) is 38.7. The van der Waals surface area contributed by atoms with Gasteiger partial charge in [0.05, 0.1) is 30.2 Å². The molecule has 0 aliphatic heterocycles. The molecule has 0 radical (unpaired) electrons. The van der Waals surface area contributed by atoms with E-state index in [9.17, 15) is 45.1 Å². The van der Waals surface area contributed by atoms with E-state index in [2.05, 4.69) is 5.32 Å². The highest BCUT2D eigenvalue weighted by Gasteiger charge is 2.41. The van der Waals surface area contributed by atoms with Gasteiger partial charge >= 0.3 is 18.3 Å². The van der Waals surface area contributed by atoms with Crippen molar-refractivity contribution >= 4 is 11.9 Å². The fourth-order valence-electron chi connectivity index (χ4n) is 5.93. The van der Waals surface area contributed by atoms with E-state index in [1.165, 1.54) is 27.7 Å². The van der Waals surface area contributed by atoms with E-state index in [0.29, 0.717) is 4.57 Å². The highest BCUT2D eigenvalue weighted by Crippen LogP contribution is 2.43. The van der Waals surface area contributed by atoms with Gasteiger partial charge in [-0.15, -0.1) is 0 Å². The summed E-state index contributed by atoms with van der Waals surface area (Å²) in [6.45, 7) is 7.98. The summed E-state index contributed by atoms with van der Waals surface area (Å²) in [7, 11) is 0. The first kappa shape index (κ1) is 41.1. The van der Waals surface area contributed by atoms with Crippen LogP contribution in [0, 0.1) is 44.1 Å². The lowest BCUT2D eigenvalue weighted by atomic mass is 9.87. The molecular formula is C35H38F9N3O4. The van der Waals surface area contributed by atoms with Crippen molar-refractivity contribution < 1.29 is 53.8 Å². The standard InChI is InChI=1S/C35H38F9N3O4/c1-7-51-28(49)14-25(46-33(50)26(10-16(2)3)47-15-20(8-9-45)22(13-27(47)48)34(39,40)41)30-31(37)21(12-23(32(30)38)35(42,43)44)29-17(4)11-24(36)18(5)19(29)6/h11-13,15-16,25-26H,7-10,14,45H2,1-6H3,(H,46,50)/t25-,26?/m0/s1. The lowest BCUT2D eigenvalue weighted by molar-refractivity contribution is -0.144. The van der Waals surface area contributed by atoms with Crippen molar-refractivity contribution in [2.24, 2.45) is 11.7 Å². The Morgan fingerprint density at radius 2 is 1.53 bits per heavy atom. The summed E-state index contributed by atoms with van der Waals surface area (Å²) in [6.07, 6.45) is -11.3. The minimum absolute atomic E-state index is 0.00174. The van der Waals surface area contributed by atoms with Crippen molar-refractivity contribution in [2.75, 3.05) is 13.2 Å². The third-order valence-corrected chi connectivity index (χ3v) is 8.40. The highest BCUT2D eigenvalue weighted by atomic mass is 19.4. The third kappa shape index (κ3) is 9.13. The van der Waals surface area contributed by atoms with Gasteiger partial charge in [-0.25, -0.2) is 13.2 Å². The molecule has 0 aliphatic rings. The number of pyridine rings is 1. The maximum Gasteiger partial charge on any atom is 0.419 e. The van der Waals surface area contributed by atoms with Gasteiger partial charge in [-0.2, -0.15) is 26.3 Å². The SMILES string of the molecule is CCOC(=O)C[C@H](NC(=O)C(CC(C)C)n1cc(CCN)c(C(F)(F)F)cc1=O)c1c(F)c(-c2c(C)cc(F)c(C)c2C)cc(C(F)(F)F)c1F. The van der Waals surface area contributed by atoms with Crippen molar-refractivity contribution in [3.8, 4) is 11.1 Å². The zero-order valence-electron chi connectivity index (χ0n) is 28.6. The summed E-state index contributed by atoms with van der Waals surface area (Å²) in [5, 5.41) is 2.19. The van der Waals surface area contributed by atoms with Gasteiger partial charge in [0.25, 0.3) is 5.56 Å². The molecule has 0 spiro atoms. The molecule has 1 aromatic heterocycles. The lowest BCUT2D eigenvalue weighted by Gasteiger charge is -2.28. The minimum atomic E-state index is -5.43. The summed E-state index contributed by atoms with van der Waals surface area (Å²) in [6, 6.07) is -2.41. The van der Waals surface area contributed by atoms with Crippen LogP contribution in [-0.4, -0.2) is 29.6 Å². The second kappa shape index (κ2) is 15.9. The summed E-state index contributed by atoms with van der Waals surface area (Å²) in [5.74, 6) is -7.36. The molecule has 280 valence electrons. The van der Waals surface area contributed by atoms with E-state index in [4.69, 9.17) is 10.5 Å². The summed E-state index contributed by atoms with van der Waals surface area (Å²) in [4.78, 5) is 39.8. The Hall–Kier alpha value is -4.34. The molecule has 7 nitrogen and oxygen atoms in total. The molecule has 3 N–H and O–H groups in total. The third-order valence-electron chi connectivity index (χ3n) is 8.40. The Labute approximate surface area is 288 Å². The summed E-state index contributed by atoms with van der Waals surface area (Å²) in [5.41, 5.74) is -1.84. The summed E-state index contributed by atoms with van der Waals surface area (Å²) < 4.78 is 137. The molecule has 1 unspecified atom stereocenters. The summed E-state index contributed by atoms with van der Waals surface area (Å²) >= 11 is 0. The number of carbonyl (C=O) groups is 2. The smallest absolute Gasteiger partial charge is 0.419 e. The second-order valence-electron chi connectivity index (χ2n) is 12.5. The minimum Gasteiger partial charge on any atom is -0.466 e. The van der Waals surface area contributed by atoms with Crippen LogP contribution in [-0.2, 0) is 33.1 Å². The molecule has 0 fully saturated rings. The van der Waals surface area contributed by atoms with Gasteiger partial charge in [0.2, 0.25) is 5.91 Å². The number of halogens is 9.